The minimum absolute atomic E-state index is 0.0216. The van der Waals surface area contributed by atoms with E-state index < -0.39 is 11.9 Å². The first kappa shape index (κ1) is 21.6. The van der Waals surface area contributed by atoms with Crippen LogP contribution >= 0.6 is 0 Å². The Bertz CT molecular complexity index is 1080. The van der Waals surface area contributed by atoms with Gasteiger partial charge in [0, 0.05) is 17.7 Å². The average Bonchev–Trinajstić information content (AvgIpc) is 2.75. The summed E-state index contributed by atoms with van der Waals surface area (Å²) in [5, 5.41) is 13.6. The van der Waals surface area contributed by atoms with Gasteiger partial charge in [0.2, 0.25) is 0 Å². The molecule has 0 fully saturated rings. The van der Waals surface area contributed by atoms with Crippen LogP contribution in [0.2, 0.25) is 0 Å². The summed E-state index contributed by atoms with van der Waals surface area (Å²) in [6.45, 7) is 0.0916. The van der Waals surface area contributed by atoms with Gasteiger partial charge >= 0.3 is 6.09 Å². The Labute approximate surface area is 175 Å². The monoisotopic (exact) mass is 430 g/mol. The second-order valence-electron chi connectivity index (χ2n) is 6.45. The Kier molecular flexibility index (Phi) is 6.38. The zero-order valence-corrected chi connectivity index (χ0v) is 16.5. The number of nitrogen functional groups attached to an aromatic ring is 2. The second-order valence-corrected chi connectivity index (χ2v) is 6.45. The van der Waals surface area contributed by atoms with E-state index in [9.17, 15) is 13.6 Å². The third kappa shape index (κ3) is 4.91. The predicted molar refractivity (Wildman–Crippen MR) is 112 cm³/mol. The molecule has 0 bridgehead atoms. The molecule has 1 aliphatic rings. The van der Waals surface area contributed by atoms with Crippen molar-refractivity contribution in [2.45, 2.75) is 12.8 Å². The van der Waals surface area contributed by atoms with E-state index in [1.807, 2.05) is 0 Å². The van der Waals surface area contributed by atoms with Crippen molar-refractivity contribution < 1.29 is 18.3 Å². The number of hydrogen-bond donors (Lipinski definition) is 5. The van der Waals surface area contributed by atoms with E-state index in [2.05, 4.69) is 30.3 Å². The van der Waals surface area contributed by atoms with Crippen LogP contribution in [0.5, 0.6) is 0 Å². The highest BCUT2D eigenvalue weighted by Crippen LogP contribution is 2.26. The number of ether oxygens (including phenoxy) is 1. The smallest absolute Gasteiger partial charge is 0.411 e. The molecule has 2 aromatic rings. The van der Waals surface area contributed by atoms with E-state index in [1.54, 1.807) is 6.08 Å². The van der Waals surface area contributed by atoms with Crippen LogP contribution in [0.4, 0.5) is 36.7 Å². The highest BCUT2D eigenvalue weighted by atomic mass is 19.1. The van der Waals surface area contributed by atoms with E-state index in [-0.39, 0.29) is 52.6 Å². The van der Waals surface area contributed by atoms with E-state index in [0.29, 0.717) is 18.4 Å². The molecule has 0 radical (unpaired) electrons. The molecule has 2 aromatic heterocycles. The number of anilines is 4. The number of methoxy groups -OCH3 is 1. The average molecular weight is 430 g/mol. The summed E-state index contributed by atoms with van der Waals surface area (Å²) < 4.78 is 32.3. The molecule has 12 heteroatoms. The van der Waals surface area contributed by atoms with Crippen molar-refractivity contribution in [2.24, 2.45) is 0 Å². The van der Waals surface area contributed by atoms with Crippen LogP contribution in [0.25, 0.3) is 0 Å². The zero-order valence-electron chi connectivity index (χ0n) is 16.5. The molecule has 7 N–H and O–H groups in total. The third-order valence-electron chi connectivity index (χ3n) is 4.36. The quantitative estimate of drug-likeness (QED) is 0.436. The number of aromatic nitrogens is 3. The van der Waals surface area contributed by atoms with Gasteiger partial charge in [0.05, 0.1) is 13.3 Å². The van der Waals surface area contributed by atoms with E-state index in [1.165, 1.54) is 6.08 Å². The SMILES string of the molecule is COC(=O)Nc1c(N)nc(C(=N)c2cc(F)cnc2NCC2=CCCC=C2F)nc1N. The summed E-state index contributed by atoms with van der Waals surface area (Å²) in [4.78, 5) is 23.3. The van der Waals surface area contributed by atoms with Gasteiger partial charge in [-0.2, -0.15) is 0 Å². The van der Waals surface area contributed by atoms with Crippen molar-refractivity contribution in [2.75, 3.05) is 35.8 Å². The zero-order chi connectivity index (χ0) is 22.5. The maximum absolute atomic E-state index is 13.9. The van der Waals surface area contributed by atoms with Crippen molar-refractivity contribution in [3.05, 3.63) is 53.0 Å². The lowest BCUT2D eigenvalue weighted by Crippen LogP contribution is -2.19. The standard InChI is InChI=1S/C19H20F2N8O2/c1-31-19(30)27-14-15(23)28-18(29-16(14)24)13(22)11-6-10(20)8-26-17(11)25-7-9-4-2-3-5-12(9)21/h4-6,8,22H,2-3,7H2,1H3,(H,25,26)(H,27,30)(H4,23,24,28,29). The van der Waals surface area contributed by atoms with Crippen LogP contribution in [-0.2, 0) is 4.74 Å². The molecule has 31 heavy (non-hydrogen) atoms. The molecule has 0 aromatic carbocycles. The van der Waals surface area contributed by atoms with Gasteiger partial charge in [-0.15, -0.1) is 0 Å². The second kappa shape index (κ2) is 9.15. The normalized spacial score (nSPS) is 13.1. The van der Waals surface area contributed by atoms with Crippen LogP contribution in [0.3, 0.4) is 0 Å². The molecule has 0 unspecified atom stereocenters. The molecule has 3 rings (SSSR count). The fourth-order valence-corrected chi connectivity index (χ4v) is 2.81. The van der Waals surface area contributed by atoms with Gasteiger partial charge in [0.1, 0.15) is 28.9 Å². The Morgan fingerprint density at radius 3 is 2.55 bits per heavy atom. The molecule has 0 saturated carbocycles. The number of nitrogens with two attached hydrogens (primary N) is 2. The number of amides is 1. The fourth-order valence-electron chi connectivity index (χ4n) is 2.81. The minimum Gasteiger partial charge on any atom is -0.453 e. The maximum atomic E-state index is 13.9. The van der Waals surface area contributed by atoms with Gasteiger partial charge in [-0.3, -0.25) is 10.7 Å². The number of carbonyl (C=O) groups is 1. The van der Waals surface area contributed by atoms with Crippen LogP contribution in [0.1, 0.15) is 24.2 Å². The Hall–Kier alpha value is -4.09. The first-order valence-electron chi connectivity index (χ1n) is 9.12. The van der Waals surface area contributed by atoms with Gasteiger partial charge in [0.15, 0.2) is 17.5 Å². The van der Waals surface area contributed by atoms with Crippen molar-refractivity contribution in [1.82, 2.24) is 15.0 Å². The summed E-state index contributed by atoms with van der Waals surface area (Å²) in [6.07, 6.45) is 4.72. The highest BCUT2D eigenvalue weighted by molar-refractivity contribution is 6.12. The number of carbonyl (C=O) groups excluding carboxylic acids is 1. The van der Waals surface area contributed by atoms with Crippen LogP contribution in [0, 0.1) is 11.2 Å². The first-order chi connectivity index (χ1) is 14.8. The fraction of sp³-hybridized carbons (Fsp3) is 0.211. The number of halogens is 2. The number of hydrogen-bond acceptors (Lipinski definition) is 9. The molecule has 0 atom stereocenters. The summed E-state index contributed by atoms with van der Waals surface area (Å²) >= 11 is 0. The Morgan fingerprint density at radius 2 is 1.90 bits per heavy atom. The molecule has 0 saturated heterocycles. The largest absolute Gasteiger partial charge is 0.453 e. The highest BCUT2D eigenvalue weighted by Gasteiger charge is 2.20. The number of allylic oxidation sites excluding steroid dienone is 2. The minimum atomic E-state index is -0.830. The lowest BCUT2D eigenvalue weighted by molar-refractivity contribution is 0.187. The molecule has 162 valence electrons. The third-order valence-corrected chi connectivity index (χ3v) is 4.36. The number of nitrogens with zero attached hydrogens (tertiary/aromatic N) is 3. The Morgan fingerprint density at radius 1 is 1.23 bits per heavy atom. The lowest BCUT2D eigenvalue weighted by Gasteiger charge is -2.15. The summed E-state index contributed by atoms with van der Waals surface area (Å²) in [6, 6.07) is 1.06. The molecule has 2 heterocycles. The molecule has 1 amide bonds. The Balaban J connectivity index is 1.89. The van der Waals surface area contributed by atoms with Gasteiger partial charge in [-0.25, -0.2) is 28.5 Å². The molecular weight excluding hydrogens is 410 g/mol. The summed E-state index contributed by atoms with van der Waals surface area (Å²) in [5.41, 5.74) is 11.7. The lowest BCUT2D eigenvalue weighted by atomic mass is 10.1. The van der Waals surface area contributed by atoms with Crippen molar-refractivity contribution in [3.8, 4) is 0 Å². The summed E-state index contributed by atoms with van der Waals surface area (Å²) in [5.74, 6) is -1.55. The molecular formula is C19H20F2N8O2. The molecule has 1 aliphatic carbocycles. The van der Waals surface area contributed by atoms with Crippen LogP contribution in [-0.4, -0.2) is 40.4 Å². The van der Waals surface area contributed by atoms with Gasteiger partial charge in [-0.05, 0) is 25.0 Å². The molecule has 10 nitrogen and oxygen atoms in total. The van der Waals surface area contributed by atoms with E-state index in [4.69, 9.17) is 16.9 Å². The van der Waals surface area contributed by atoms with Gasteiger partial charge in [-0.1, -0.05) is 6.08 Å². The maximum Gasteiger partial charge on any atom is 0.411 e. The van der Waals surface area contributed by atoms with Crippen molar-refractivity contribution >= 4 is 34.9 Å². The predicted octanol–water partition coefficient (Wildman–Crippen LogP) is 2.76. The van der Waals surface area contributed by atoms with E-state index in [0.717, 1.165) is 19.4 Å². The van der Waals surface area contributed by atoms with Crippen molar-refractivity contribution in [1.29, 1.82) is 5.41 Å². The summed E-state index contributed by atoms with van der Waals surface area (Å²) in [7, 11) is 1.16. The van der Waals surface area contributed by atoms with Crippen LogP contribution in [0.15, 0.2) is 35.8 Å². The number of nitrogens with one attached hydrogen (secondary N) is 3. The first-order valence-corrected chi connectivity index (χ1v) is 9.12. The van der Waals surface area contributed by atoms with Crippen molar-refractivity contribution in [3.63, 3.8) is 0 Å². The topological polar surface area (TPSA) is 165 Å². The number of pyridine rings is 1. The molecule has 0 aliphatic heterocycles. The van der Waals surface area contributed by atoms with Crippen LogP contribution < -0.4 is 22.1 Å². The van der Waals surface area contributed by atoms with Gasteiger partial charge < -0.3 is 21.5 Å². The van der Waals surface area contributed by atoms with E-state index >= 15 is 0 Å². The van der Waals surface area contributed by atoms with Gasteiger partial charge in [0.25, 0.3) is 0 Å². The molecule has 0 spiro atoms. The number of rotatable bonds is 6.